The summed E-state index contributed by atoms with van der Waals surface area (Å²) in [6.45, 7) is 0. The number of aryl methyl sites for hydroxylation is 2. The summed E-state index contributed by atoms with van der Waals surface area (Å²) in [5.74, 6) is 0. The minimum atomic E-state index is 0. The molecule has 0 heterocycles. The Kier molecular flexibility index (Phi) is 13.5. The molecule has 0 atom stereocenters. The fourth-order valence-corrected chi connectivity index (χ4v) is 3.21. The van der Waals surface area contributed by atoms with Gasteiger partial charge in [-0.15, -0.1) is 23.3 Å². The van der Waals surface area contributed by atoms with E-state index in [2.05, 4.69) is 12.4 Å². The van der Waals surface area contributed by atoms with Crippen molar-refractivity contribution in [3.8, 4) is 0 Å². The Labute approximate surface area is 191 Å². The minimum absolute atomic E-state index is 0. The van der Waals surface area contributed by atoms with E-state index in [0.717, 1.165) is 60.8 Å². The molecule has 134 valence electrons. The summed E-state index contributed by atoms with van der Waals surface area (Å²) in [7, 11) is 0. The fraction of sp³-hybridized carbons (Fsp3) is 0.273. The van der Waals surface area contributed by atoms with E-state index in [-0.39, 0.29) is 37.7 Å². The second-order valence-electron chi connectivity index (χ2n) is 6.21. The Hall–Kier alpha value is -1.69. The standard InChI is InChI=1S/C22H24N4.2Li/c23-13-19-11-5-9-17(21(19)15-25)7-3-1-2-4-8-18-10-6-12-20(14-24)22(18)16-26;;/h5-6,9-12,15-16,23-26H,1-4,7-8H2;;/q-2;2*+1. The van der Waals surface area contributed by atoms with Crippen molar-refractivity contribution >= 4 is 24.9 Å². The quantitative estimate of drug-likeness (QED) is 0.168. The third-order valence-electron chi connectivity index (χ3n) is 4.59. The molecule has 0 aromatic heterocycles. The molecule has 0 bridgehead atoms. The Bertz CT molecular complexity index is 736. The summed E-state index contributed by atoms with van der Waals surface area (Å²) in [6.07, 6.45) is 13.6. The van der Waals surface area contributed by atoms with Gasteiger partial charge in [0.05, 0.1) is 0 Å². The largest absolute Gasteiger partial charge is 1.00 e. The summed E-state index contributed by atoms with van der Waals surface area (Å²) >= 11 is 0. The Morgan fingerprint density at radius 3 is 1.36 bits per heavy atom. The summed E-state index contributed by atoms with van der Waals surface area (Å²) in [5.41, 5.74) is 5.19. The number of benzene rings is 2. The van der Waals surface area contributed by atoms with E-state index in [1.807, 2.05) is 36.4 Å². The molecule has 4 nitrogen and oxygen atoms in total. The van der Waals surface area contributed by atoms with Crippen LogP contribution in [0, 0.1) is 21.6 Å². The zero-order valence-electron chi connectivity index (χ0n) is 16.9. The van der Waals surface area contributed by atoms with Crippen LogP contribution in [0.2, 0.25) is 0 Å². The van der Waals surface area contributed by atoms with Crippen LogP contribution in [0.4, 0.5) is 0 Å². The first-order valence-electron chi connectivity index (χ1n) is 8.85. The number of hydrogen-bond donors (Lipinski definition) is 4. The summed E-state index contributed by atoms with van der Waals surface area (Å²) in [6, 6.07) is 11.5. The normalized spacial score (nSPS) is 9.57. The number of nitrogens with one attached hydrogen (secondary N) is 4. The van der Waals surface area contributed by atoms with Gasteiger partial charge in [-0.3, -0.25) is 0 Å². The van der Waals surface area contributed by atoms with Crippen molar-refractivity contribution in [1.29, 1.82) is 21.6 Å². The molecule has 0 unspecified atom stereocenters. The molecule has 0 aliphatic carbocycles. The van der Waals surface area contributed by atoms with Crippen molar-refractivity contribution in [3.05, 3.63) is 69.8 Å². The zero-order valence-corrected chi connectivity index (χ0v) is 16.9. The van der Waals surface area contributed by atoms with Crippen LogP contribution in [0.5, 0.6) is 0 Å². The molecule has 28 heavy (non-hydrogen) atoms. The Morgan fingerprint density at radius 2 is 1.04 bits per heavy atom. The van der Waals surface area contributed by atoms with E-state index >= 15 is 0 Å². The molecule has 2 aromatic carbocycles. The molecular weight excluding hydrogens is 334 g/mol. The van der Waals surface area contributed by atoms with Gasteiger partial charge in [0, 0.05) is 0 Å². The molecule has 0 fully saturated rings. The van der Waals surface area contributed by atoms with E-state index in [1.165, 1.54) is 12.4 Å². The van der Waals surface area contributed by atoms with E-state index in [4.69, 9.17) is 21.6 Å². The molecule has 0 aliphatic rings. The van der Waals surface area contributed by atoms with Crippen LogP contribution < -0.4 is 37.7 Å². The van der Waals surface area contributed by atoms with Gasteiger partial charge in [0.25, 0.3) is 0 Å². The van der Waals surface area contributed by atoms with E-state index in [9.17, 15) is 0 Å². The van der Waals surface area contributed by atoms with Crippen LogP contribution in [0.3, 0.4) is 0 Å². The van der Waals surface area contributed by atoms with Crippen molar-refractivity contribution < 1.29 is 37.7 Å². The van der Waals surface area contributed by atoms with E-state index in [0.29, 0.717) is 11.1 Å². The van der Waals surface area contributed by atoms with Gasteiger partial charge in [-0.2, -0.15) is 23.3 Å². The van der Waals surface area contributed by atoms with Gasteiger partial charge < -0.3 is 21.6 Å². The second-order valence-corrected chi connectivity index (χ2v) is 6.21. The van der Waals surface area contributed by atoms with Crippen LogP contribution in [0.15, 0.2) is 36.4 Å². The third-order valence-corrected chi connectivity index (χ3v) is 4.59. The van der Waals surface area contributed by atoms with Crippen LogP contribution in [-0.4, -0.2) is 24.9 Å². The molecule has 0 aliphatic heterocycles. The van der Waals surface area contributed by atoms with Gasteiger partial charge in [-0.25, -0.2) is 0 Å². The van der Waals surface area contributed by atoms with Crippen LogP contribution in [-0.2, 0) is 12.8 Å². The average Bonchev–Trinajstić information content (AvgIpc) is 2.69. The fourth-order valence-electron chi connectivity index (χ4n) is 3.21. The van der Waals surface area contributed by atoms with Crippen LogP contribution >= 0.6 is 0 Å². The van der Waals surface area contributed by atoms with E-state index < -0.39 is 0 Å². The molecule has 0 saturated heterocycles. The molecule has 0 saturated carbocycles. The monoisotopic (exact) mass is 358 g/mol. The van der Waals surface area contributed by atoms with Gasteiger partial charge in [0.2, 0.25) is 0 Å². The number of unbranched alkanes of at least 4 members (excludes halogenated alkanes) is 3. The third kappa shape index (κ3) is 7.04. The van der Waals surface area contributed by atoms with Crippen molar-refractivity contribution in [3.63, 3.8) is 0 Å². The molecular formula is C22H24Li2N4. The average molecular weight is 358 g/mol. The maximum Gasteiger partial charge on any atom is 1.00 e. The summed E-state index contributed by atoms with van der Waals surface area (Å²) < 4.78 is 0. The van der Waals surface area contributed by atoms with Crippen LogP contribution in [0.25, 0.3) is 0 Å². The molecule has 0 spiro atoms. The van der Waals surface area contributed by atoms with Crippen molar-refractivity contribution in [1.82, 2.24) is 0 Å². The van der Waals surface area contributed by atoms with E-state index in [1.54, 1.807) is 0 Å². The number of hydrogen-bond acceptors (Lipinski definition) is 4. The Balaban J connectivity index is 0.00000364. The summed E-state index contributed by atoms with van der Waals surface area (Å²) in [4.78, 5) is 0. The van der Waals surface area contributed by atoms with Crippen molar-refractivity contribution in [2.75, 3.05) is 0 Å². The zero-order chi connectivity index (χ0) is 18.8. The van der Waals surface area contributed by atoms with Gasteiger partial charge in [-0.05, 0) is 25.3 Å². The van der Waals surface area contributed by atoms with Crippen molar-refractivity contribution in [2.45, 2.75) is 38.5 Å². The first-order chi connectivity index (χ1) is 12.7. The maximum atomic E-state index is 7.56. The van der Waals surface area contributed by atoms with Gasteiger partial charge in [0.15, 0.2) is 0 Å². The molecule has 2 aromatic rings. The predicted molar refractivity (Wildman–Crippen MR) is 108 cm³/mol. The molecule has 0 radical (unpaired) electrons. The minimum Gasteiger partial charge on any atom is -0.376 e. The summed E-state index contributed by atoms with van der Waals surface area (Å²) in [5, 5.41) is 29.7. The Morgan fingerprint density at radius 1 is 0.643 bits per heavy atom. The first-order valence-corrected chi connectivity index (χ1v) is 8.85. The first kappa shape index (κ1) is 26.3. The molecule has 0 amide bonds. The number of rotatable bonds is 11. The SMILES string of the molecule is N=[C-]c1cccc(CCCCCCc2cccc([C-]=N)c2C=N)c1C=N.[Li+].[Li+]. The second kappa shape index (κ2) is 14.3. The molecule has 6 heteroatoms. The predicted octanol–water partition coefficient (Wildman–Crippen LogP) is -1.22. The molecule has 2 rings (SSSR count). The molecule has 4 N–H and O–H groups in total. The van der Waals surface area contributed by atoms with Gasteiger partial charge in [-0.1, -0.05) is 61.4 Å². The van der Waals surface area contributed by atoms with Gasteiger partial charge in [0.1, 0.15) is 0 Å². The maximum absolute atomic E-state index is 7.56. The topological polar surface area (TPSA) is 95.4 Å². The smallest absolute Gasteiger partial charge is 0.376 e. The van der Waals surface area contributed by atoms with Gasteiger partial charge >= 0.3 is 37.7 Å². The van der Waals surface area contributed by atoms with Crippen molar-refractivity contribution in [2.24, 2.45) is 0 Å². The van der Waals surface area contributed by atoms with Crippen LogP contribution in [0.1, 0.15) is 59.1 Å².